The number of nitrogens with zero attached hydrogens (tertiary/aromatic N) is 1. The molecule has 0 aliphatic rings. The van der Waals surface area contributed by atoms with E-state index in [-0.39, 0.29) is 38.6 Å². The first-order valence-corrected chi connectivity index (χ1v) is 23.6. The average molecular weight is 820 g/mol. The molecule has 0 spiro atoms. The number of unbranched alkanes of at least 4 members (excludes halogenated alkanes) is 22. The van der Waals surface area contributed by atoms with E-state index in [4.69, 9.17) is 18.9 Å². The Morgan fingerprint density at radius 3 is 1.41 bits per heavy atom. The van der Waals surface area contributed by atoms with Crippen molar-refractivity contribution in [3.8, 4) is 0 Å². The maximum absolute atomic E-state index is 12.8. The van der Waals surface area contributed by atoms with Crippen molar-refractivity contribution >= 4 is 17.9 Å². The summed E-state index contributed by atoms with van der Waals surface area (Å²) in [6.07, 6.45) is 43.2. The van der Waals surface area contributed by atoms with Crippen molar-refractivity contribution in [2.24, 2.45) is 0 Å². The van der Waals surface area contributed by atoms with Crippen LogP contribution < -0.4 is 5.11 Å². The zero-order valence-corrected chi connectivity index (χ0v) is 38.2. The van der Waals surface area contributed by atoms with Crippen LogP contribution in [0.3, 0.4) is 0 Å². The van der Waals surface area contributed by atoms with Crippen LogP contribution in [0.4, 0.5) is 0 Å². The van der Waals surface area contributed by atoms with Gasteiger partial charge in [0, 0.05) is 12.8 Å². The van der Waals surface area contributed by atoms with Crippen LogP contribution in [0.5, 0.6) is 0 Å². The largest absolute Gasteiger partial charge is 0.545 e. The molecule has 9 heteroatoms. The summed E-state index contributed by atoms with van der Waals surface area (Å²) in [7, 11) is 5.90. The highest BCUT2D eigenvalue weighted by molar-refractivity contribution is 5.70. The topological polar surface area (TPSA) is 111 Å². The summed E-state index contributed by atoms with van der Waals surface area (Å²) in [6, 6.07) is 0. The van der Waals surface area contributed by atoms with Crippen LogP contribution >= 0.6 is 0 Å². The van der Waals surface area contributed by atoms with Gasteiger partial charge in [0.2, 0.25) is 0 Å². The van der Waals surface area contributed by atoms with Gasteiger partial charge in [-0.1, -0.05) is 153 Å². The molecule has 0 aromatic rings. The second-order valence-corrected chi connectivity index (χ2v) is 17.0. The zero-order valence-electron chi connectivity index (χ0n) is 38.2. The number of allylic oxidation sites excluding steroid dienone is 6. The fourth-order valence-electron chi connectivity index (χ4n) is 6.38. The normalized spacial score (nSPS) is 13.2. The second kappa shape index (κ2) is 41.3. The minimum atomic E-state index is -1.62. The Bertz CT molecular complexity index is 1050. The van der Waals surface area contributed by atoms with E-state index in [1.807, 2.05) is 21.1 Å². The van der Waals surface area contributed by atoms with Crippen molar-refractivity contribution in [2.75, 3.05) is 47.5 Å². The van der Waals surface area contributed by atoms with Gasteiger partial charge in [-0.05, 0) is 70.6 Å². The number of hydrogen-bond donors (Lipinski definition) is 0. The number of quaternary nitrogens is 1. The Balaban J connectivity index is 4.37. The predicted molar refractivity (Wildman–Crippen MR) is 237 cm³/mol. The average Bonchev–Trinajstić information content (AvgIpc) is 3.18. The fraction of sp³-hybridized carbons (Fsp3) is 0.816. The number of aliphatic carboxylic acids is 1. The molecule has 0 aromatic heterocycles. The lowest BCUT2D eigenvalue weighted by atomic mass is 10.1. The van der Waals surface area contributed by atoms with E-state index in [2.05, 4.69) is 50.3 Å². The first kappa shape index (κ1) is 55.5. The number of carboxylic acids is 1. The SMILES string of the molecule is CCCCC/C=C\CCCCCCCC(=O)OCC(COC(OCC[N+](C)(C)C)C(=O)[O-])OC(=O)CCCCCCCCCCC/C=C\C/C=C\CCCCCCC. The molecular weight excluding hydrogens is 731 g/mol. The molecule has 0 fully saturated rings. The third kappa shape index (κ3) is 41.7. The maximum Gasteiger partial charge on any atom is 0.306 e. The lowest BCUT2D eigenvalue weighted by molar-refractivity contribution is -0.870. The monoisotopic (exact) mass is 820 g/mol. The Morgan fingerprint density at radius 2 is 0.931 bits per heavy atom. The number of esters is 2. The number of rotatable bonds is 43. The van der Waals surface area contributed by atoms with Crippen LogP contribution in [0, 0.1) is 0 Å². The van der Waals surface area contributed by atoms with Gasteiger partial charge in [0.15, 0.2) is 12.4 Å². The molecule has 58 heavy (non-hydrogen) atoms. The van der Waals surface area contributed by atoms with E-state index in [1.165, 1.54) is 96.3 Å². The number of hydrogen-bond acceptors (Lipinski definition) is 8. The molecule has 2 unspecified atom stereocenters. The Hall–Kier alpha value is -2.49. The summed E-state index contributed by atoms with van der Waals surface area (Å²) in [5.74, 6) is -2.30. The molecule has 0 bridgehead atoms. The van der Waals surface area contributed by atoms with Crippen molar-refractivity contribution in [3.05, 3.63) is 36.5 Å². The quantitative estimate of drug-likeness (QED) is 0.0197. The van der Waals surface area contributed by atoms with E-state index < -0.39 is 24.3 Å². The minimum Gasteiger partial charge on any atom is -0.545 e. The van der Waals surface area contributed by atoms with Crippen molar-refractivity contribution in [1.82, 2.24) is 0 Å². The van der Waals surface area contributed by atoms with E-state index >= 15 is 0 Å². The zero-order chi connectivity index (χ0) is 42.8. The standard InChI is InChI=1S/C49H89NO8/c1-6-8-10-12-14-16-18-20-21-22-23-24-25-26-27-28-30-32-34-36-38-40-47(52)58-45(44-57-49(48(53)54)55-42-41-50(3,4)5)43-56-46(51)39-37-35-33-31-29-19-17-15-13-11-9-7-2/h15,17-18,20,22-23,45,49H,6-14,16,19,21,24-44H2,1-5H3/b17-15-,20-18-,23-22-. The van der Waals surface area contributed by atoms with Crippen LogP contribution in [0.2, 0.25) is 0 Å². The van der Waals surface area contributed by atoms with Gasteiger partial charge in [-0.2, -0.15) is 0 Å². The van der Waals surface area contributed by atoms with Crippen LogP contribution in [0.25, 0.3) is 0 Å². The molecule has 0 rings (SSSR count). The van der Waals surface area contributed by atoms with Gasteiger partial charge < -0.3 is 33.3 Å². The van der Waals surface area contributed by atoms with Crippen LogP contribution in [-0.4, -0.2) is 82.3 Å². The first-order valence-electron chi connectivity index (χ1n) is 23.6. The fourth-order valence-corrected chi connectivity index (χ4v) is 6.38. The Kier molecular flexibility index (Phi) is 39.5. The minimum absolute atomic E-state index is 0.145. The summed E-state index contributed by atoms with van der Waals surface area (Å²) in [6.45, 7) is 4.69. The summed E-state index contributed by atoms with van der Waals surface area (Å²) in [5, 5.41) is 11.7. The number of likely N-dealkylation sites (N-methyl/N-ethyl adjacent to an activating group) is 1. The summed E-state index contributed by atoms with van der Waals surface area (Å²) in [5.41, 5.74) is 0. The van der Waals surface area contributed by atoms with Gasteiger partial charge in [-0.3, -0.25) is 9.59 Å². The number of carbonyl (C=O) groups is 3. The highest BCUT2D eigenvalue weighted by Crippen LogP contribution is 2.14. The molecular formula is C49H89NO8. The molecule has 0 saturated carbocycles. The lowest BCUT2D eigenvalue weighted by Gasteiger charge is -2.26. The third-order valence-electron chi connectivity index (χ3n) is 10.1. The van der Waals surface area contributed by atoms with Crippen molar-refractivity contribution in [3.63, 3.8) is 0 Å². The molecule has 0 N–H and O–H groups in total. The molecule has 0 saturated heterocycles. The molecule has 0 aliphatic heterocycles. The molecule has 0 amide bonds. The maximum atomic E-state index is 12.8. The molecule has 338 valence electrons. The first-order chi connectivity index (χ1) is 28.1. The number of ether oxygens (including phenoxy) is 4. The Morgan fingerprint density at radius 1 is 0.517 bits per heavy atom. The Labute approximate surface area is 356 Å². The lowest BCUT2D eigenvalue weighted by Crippen LogP contribution is -2.44. The third-order valence-corrected chi connectivity index (χ3v) is 10.1. The van der Waals surface area contributed by atoms with Crippen molar-refractivity contribution < 1.29 is 42.9 Å². The number of carboxylic acid groups (broad SMARTS) is 1. The van der Waals surface area contributed by atoms with Crippen molar-refractivity contribution in [1.29, 1.82) is 0 Å². The van der Waals surface area contributed by atoms with Gasteiger partial charge in [0.25, 0.3) is 0 Å². The molecule has 9 nitrogen and oxygen atoms in total. The highest BCUT2D eigenvalue weighted by Gasteiger charge is 2.21. The van der Waals surface area contributed by atoms with Gasteiger partial charge in [-0.25, -0.2) is 0 Å². The van der Waals surface area contributed by atoms with Gasteiger partial charge in [0.1, 0.15) is 13.2 Å². The van der Waals surface area contributed by atoms with E-state index in [0.717, 1.165) is 70.6 Å². The molecule has 0 aromatic carbocycles. The van der Waals surface area contributed by atoms with Crippen LogP contribution in [-0.2, 0) is 33.3 Å². The van der Waals surface area contributed by atoms with Crippen molar-refractivity contribution in [2.45, 2.75) is 212 Å². The number of carbonyl (C=O) groups excluding carboxylic acids is 3. The second-order valence-electron chi connectivity index (χ2n) is 17.0. The van der Waals surface area contributed by atoms with E-state index in [0.29, 0.717) is 17.4 Å². The van der Waals surface area contributed by atoms with E-state index in [1.54, 1.807) is 0 Å². The molecule has 0 heterocycles. The summed E-state index contributed by atoms with van der Waals surface area (Å²) in [4.78, 5) is 37.0. The summed E-state index contributed by atoms with van der Waals surface area (Å²) >= 11 is 0. The van der Waals surface area contributed by atoms with E-state index in [9.17, 15) is 19.5 Å². The smallest absolute Gasteiger partial charge is 0.306 e. The van der Waals surface area contributed by atoms with Crippen LogP contribution in [0.15, 0.2) is 36.5 Å². The summed E-state index contributed by atoms with van der Waals surface area (Å²) < 4.78 is 22.5. The van der Waals surface area contributed by atoms with Gasteiger partial charge in [0.05, 0.1) is 40.3 Å². The molecule has 0 radical (unpaired) electrons. The van der Waals surface area contributed by atoms with Gasteiger partial charge >= 0.3 is 11.9 Å². The molecule has 2 atom stereocenters. The predicted octanol–water partition coefficient (Wildman–Crippen LogP) is 11.3. The van der Waals surface area contributed by atoms with Crippen LogP contribution in [0.1, 0.15) is 200 Å². The van der Waals surface area contributed by atoms with Gasteiger partial charge in [-0.15, -0.1) is 0 Å². The highest BCUT2D eigenvalue weighted by atomic mass is 16.7. The molecule has 0 aliphatic carbocycles.